The molecule has 0 aliphatic carbocycles. The molecule has 3 N–H and O–H groups in total. The van der Waals surface area contributed by atoms with E-state index < -0.39 is 15.6 Å². The summed E-state index contributed by atoms with van der Waals surface area (Å²) >= 11 is 0. The maximum absolute atomic E-state index is 12.1. The highest BCUT2D eigenvalue weighted by atomic mass is 32.2. The third-order valence-electron chi connectivity index (χ3n) is 4.88. The molecule has 4 nitrogen and oxygen atoms in total. The first-order valence-corrected chi connectivity index (χ1v) is 10.8. The highest BCUT2D eigenvalue weighted by molar-refractivity contribution is 7.89. The summed E-state index contributed by atoms with van der Waals surface area (Å²) in [5.74, 6) is 0.455. The lowest BCUT2D eigenvalue weighted by molar-refractivity contribution is -0.0410. The van der Waals surface area contributed by atoms with E-state index >= 15 is 0 Å². The van der Waals surface area contributed by atoms with E-state index in [9.17, 15) is 13.5 Å². The fourth-order valence-electron chi connectivity index (χ4n) is 4.11. The van der Waals surface area contributed by atoms with Gasteiger partial charge < -0.3 is 5.11 Å². The Morgan fingerprint density at radius 1 is 1.04 bits per heavy atom. The summed E-state index contributed by atoms with van der Waals surface area (Å²) in [4.78, 5) is 0.131. The lowest BCUT2D eigenvalue weighted by atomic mass is 9.67. The Balaban J connectivity index is 3.62. The van der Waals surface area contributed by atoms with E-state index in [2.05, 4.69) is 41.5 Å². The van der Waals surface area contributed by atoms with Crippen molar-refractivity contribution in [3.8, 4) is 0 Å². The van der Waals surface area contributed by atoms with E-state index in [0.29, 0.717) is 30.2 Å². The first kappa shape index (κ1) is 22.1. The summed E-state index contributed by atoms with van der Waals surface area (Å²) in [7, 11) is -3.85. The Morgan fingerprint density at radius 2 is 1.52 bits per heavy atom. The van der Waals surface area contributed by atoms with Gasteiger partial charge in [-0.25, -0.2) is 13.6 Å². The zero-order valence-electron chi connectivity index (χ0n) is 16.5. The topological polar surface area (TPSA) is 80.4 Å². The molecule has 1 rings (SSSR count). The van der Waals surface area contributed by atoms with Crippen molar-refractivity contribution < 1.29 is 13.5 Å². The number of nitrogens with two attached hydrogens (primary N) is 1. The standard InChI is InChI=1S/C20H35NO3S/c1-7-16(6)19(20(22,12-14(2)3)13-15(4)5)17-10-8-9-11-18(17)25(21,23)24/h8-11,14-16,19,22H,7,12-13H2,1-6H3,(H2,21,23,24)/t16-,19-/m0/s1. The molecule has 0 aromatic heterocycles. The number of aliphatic hydroxyl groups is 1. The van der Waals surface area contributed by atoms with Crippen LogP contribution in [0.2, 0.25) is 0 Å². The van der Waals surface area contributed by atoms with E-state index in [-0.39, 0.29) is 16.7 Å². The second-order valence-corrected chi connectivity index (χ2v) is 9.78. The Kier molecular flexibility index (Phi) is 7.66. The van der Waals surface area contributed by atoms with Crippen LogP contribution in [0.1, 0.15) is 72.3 Å². The molecule has 0 radical (unpaired) electrons. The third kappa shape index (κ3) is 5.80. The molecule has 0 saturated carbocycles. The molecule has 0 heterocycles. The lowest BCUT2D eigenvalue weighted by Crippen LogP contribution is -2.42. The summed E-state index contributed by atoms with van der Waals surface area (Å²) in [6.07, 6.45) is 2.10. The van der Waals surface area contributed by atoms with Crippen molar-refractivity contribution in [2.75, 3.05) is 0 Å². The Hall–Kier alpha value is -0.910. The van der Waals surface area contributed by atoms with Crippen LogP contribution in [0.4, 0.5) is 0 Å². The maximum atomic E-state index is 12.1. The van der Waals surface area contributed by atoms with Gasteiger partial charge in [0.15, 0.2) is 0 Å². The first-order valence-electron chi connectivity index (χ1n) is 9.26. The molecular weight excluding hydrogens is 334 g/mol. The van der Waals surface area contributed by atoms with Crippen LogP contribution in [0, 0.1) is 17.8 Å². The van der Waals surface area contributed by atoms with Gasteiger partial charge >= 0.3 is 0 Å². The van der Waals surface area contributed by atoms with Gasteiger partial charge in [-0.1, -0.05) is 66.2 Å². The molecule has 144 valence electrons. The van der Waals surface area contributed by atoms with Crippen LogP contribution in [0.3, 0.4) is 0 Å². The second kappa shape index (κ2) is 8.65. The van der Waals surface area contributed by atoms with Crippen LogP contribution in [-0.4, -0.2) is 19.1 Å². The summed E-state index contributed by atoms with van der Waals surface area (Å²) in [6.45, 7) is 12.5. The molecule has 0 saturated heterocycles. The van der Waals surface area contributed by atoms with Gasteiger partial charge in [-0.15, -0.1) is 0 Å². The lowest BCUT2D eigenvalue weighted by Gasteiger charge is -2.43. The Bertz CT molecular complexity index is 643. The van der Waals surface area contributed by atoms with E-state index in [1.54, 1.807) is 12.1 Å². The normalized spacial score (nSPS) is 15.6. The molecule has 5 heteroatoms. The highest BCUT2D eigenvalue weighted by Gasteiger charge is 2.42. The molecule has 0 amide bonds. The quantitative estimate of drug-likeness (QED) is 0.681. The average molecular weight is 370 g/mol. The SMILES string of the molecule is CC[C@H](C)[C@@H](c1ccccc1S(N)(=O)=O)C(O)(CC(C)C)CC(C)C. The molecular formula is C20H35NO3S. The monoisotopic (exact) mass is 369 g/mol. The largest absolute Gasteiger partial charge is 0.389 e. The fraction of sp³-hybridized carbons (Fsp3) is 0.700. The summed E-state index contributed by atoms with van der Waals surface area (Å²) in [5.41, 5.74) is -0.332. The molecule has 1 aromatic carbocycles. The first-order chi connectivity index (χ1) is 11.4. The highest BCUT2D eigenvalue weighted by Crippen LogP contribution is 2.45. The molecule has 0 unspecified atom stereocenters. The van der Waals surface area contributed by atoms with Crippen LogP contribution in [-0.2, 0) is 10.0 Å². The van der Waals surface area contributed by atoms with Crippen molar-refractivity contribution in [2.45, 2.75) is 77.2 Å². The minimum absolute atomic E-state index is 0.130. The number of sulfonamides is 1. The van der Waals surface area contributed by atoms with Crippen molar-refractivity contribution in [1.82, 2.24) is 0 Å². The van der Waals surface area contributed by atoms with E-state index in [0.717, 1.165) is 6.42 Å². The van der Waals surface area contributed by atoms with Crippen molar-refractivity contribution in [3.05, 3.63) is 29.8 Å². The Morgan fingerprint density at radius 3 is 1.92 bits per heavy atom. The van der Waals surface area contributed by atoms with Crippen LogP contribution in [0.15, 0.2) is 29.2 Å². The summed E-state index contributed by atoms with van der Waals surface area (Å²) in [6, 6.07) is 6.86. The molecule has 25 heavy (non-hydrogen) atoms. The van der Waals surface area contributed by atoms with Crippen molar-refractivity contribution in [2.24, 2.45) is 22.9 Å². The van der Waals surface area contributed by atoms with Crippen molar-refractivity contribution in [1.29, 1.82) is 0 Å². The maximum Gasteiger partial charge on any atom is 0.238 e. The van der Waals surface area contributed by atoms with Gasteiger partial charge in [0.2, 0.25) is 10.0 Å². The predicted molar refractivity (Wildman–Crippen MR) is 104 cm³/mol. The minimum Gasteiger partial charge on any atom is -0.389 e. The van der Waals surface area contributed by atoms with Gasteiger partial charge in [0.1, 0.15) is 0 Å². The minimum atomic E-state index is -3.85. The van der Waals surface area contributed by atoms with Crippen LogP contribution >= 0.6 is 0 Å². The molecule has 0 spiro atoms. The Labute approximate surface area is 153 Å². The van der Waals surface area contributed by atoms with Gasteiger partial charge in [-0.2, -0.15) is 0 Å². The molecule has 0 bridgehead atoms. The van der Waals surface area contributed by atoms with Gasteiger partial charge in [0.25, 0.3) is 0 Å². The average Bonchev–Trinajstić information content (AvgIpc) is 2.44. The van der Waals surface area contributed by atoms with Crippen molar-refractivity contribution in [3.63, 3.8) is 0 Å². The van der Waals surface area contributed by atoms with E-state index in [1.165, 1.54) is 0 Å². The zero-order chi connectivity index (χ0) is 19.4. The summed E-state index contributed by atoms with van der Waals surface area (Å²) in [5, 5.41) is 17.2. The molecule has 0 fully saturated rings. The van der Waals surface area contributed by atoms with Gasteiger partial charge in [0, 0.05) is 5.92 Å². The van der Waals surface area contributed by atoms with Crippen LogP contribution < -0.4 is 5.14 Å². The van der Waals surface area contributed by atoms with Gasteiger partial charge in [-0.3, -0.25) is 0 Å². The number of benzene rings is 1. The number of hydrogen-bond acceptors (Lipinski definition) is 3. The third-order valence-corrected chi connectivity index (χ3v) is 5.86. The van der Waals surface area contributed by atoms with E-state index in [1.807, 2.05) is 12.1 Å². The smallest absolute Gasteiger partial charge is 0.238 e. The number of hydrogen-bond donors (Lipinski definition) is 2. The van der Waals surface area contributed by atoms with Crippen molar-refractivity contribution >= 4 is 10.0 Å². The molecule has 2 atom stereocenters. The molecule has 1 aromatic rings. The van der Waals surface area contributed by atoms with Crippen LogP contribution in [0.25, 0.3) is 0 Å². The number of primary sulfonamides is 1. The van der Waals surface area contributed by atoms with Gasteiger partial charge in [-0.05, 0) is 42.2 Å². The fourth-order valence-corrected chi connectivity index (χ4v) is 4.90. The van der Waals surface area contributed by atoms with Gasteiger partial charge in [0.05, 0.1) is 10.5 Å². The van der Waals surface area contributed by atoms with E-state index in [4.69, 9.17) is 5.14 Å². The summed E-state index contributed by atoms with van der Waals surface area (Å²) < 4.78 is 24.3. The zero-order valence-corrected chi connectivity index (χ0v) is 17.3. The predicted octanol–water partition coefficient (Wildman–Crippen LogP) is 4.29. The second-order valence-electron chi connectivity index (χ2n) is 8.25. The van der Waals surface area contributed by atoms with Crippen LogP contribution in [0.5, 0.6) is 0 Å². The molecule has 0 aliphatic rings. The molecule has 0 aliphatic heterocycles. The number of rotatable bonds is 9.